The van der Waals surface area contributed by atoms with E-state index in [-0.39, 0.29) is 6.61 Å². The predicted octanol–water partition coefficient (Wildman–Crippen LogP) is 3.15. The number of aliphatic hydroxyl groups is 1. The molecular weight excluding hydrogens is 250 g/mol. The lowest BCUT2D eigenvalue weighted by atomic mass is 10.0. The average Bonchev–Trinajstić information content (AvgIpc) is 2.47. The van der Waals surface area contributed by atoms with Crippen LogP contribution in [0, 0.1) is 13.8 Å². The number of aryl methyl sites for hydroxylation is 1. The summed E-state index contributed by atoms with van der Waals surface area (Å²) >= 11 is 0. The zero-order valence-corrected chi connectivity index (χ0v) is 11.9. The number of nitrogens with zero attached hydrogens (tertiary/aromatic N) is 1. The maximum Gasteiger partial charge on any atom is 0.161 e. The highest BCUT2D eigenvalue weighted by Gasteiger charge is 2.20. The van der Waals surface area contributed by atoms with Gasteiger partial charge in [-0.25, -0.2) is 0 Å². The van der Waals surface area contributed by atoms with Gasteiger partial charge in [-0.15, -0.1) is 0 Å². The van der Waals surface area contributed by atoms with Crippen LogP contribution in [0.1, 0.15) is 22.3 Å². The SMILES string of the molecule is Cc1cccc(N2COc3c(ccc(CO)c3C)C2)c1. The second kappa shape index (κ2) is 5.17. The quantitative estimate of drug-likeness (QED) is 0.909. The Bertz CT molecular complexity index is 637. The lowest BCUT2D eigenvalue weighted by Gasteiger charge is -2.32. The molecular formula is C17H19NO2. The van der Waals surface area contributed by atoms with Crippen LogP contribution in [0.3, 0.4) is 0 Å². The van der Waals surface area contributed by atoms with Crippen LogP contribution >= 0.6 is 0 Å². The first-order valence-corrected chi connectivity index (χ1v) is 6.85. The van der Waals surface area contributed by atoms with E-state index < -0.39 is 0 Å². The summed E-state index contributed by atoms with van der Waals surface area (Å²) in [5, 5.41) is 9.31. The topological polar surface area (TPSA) is 32.7 Å². The minimum Gasteiger partial charge on any atom is -0.472 e. The van der Waals surface area contributed by atoms with E-state index in [4.69, 9.17) is 4.74 Å². The Balaban J connectivity index is 1.91. The Morgan fingerprint density at radius 2 is 2.05 bits per heavy atom. The number of fused-ring (bicyclic) bond motifs is 1. The first-order chi connectivity index (χ1) is 9.69. The van der Waals surface area contributed by atoms with Crippen molar-refractivity contribution in [3.05, 3.63) is 58.7 Å². The number of rotatable bonds is 2. The van der Waals surface area contributed by atoms with Gasteiger partial charge in [0.05, 0.1) is 6.61 Å². The number of hydrogen-bond donors (Lipinski definition) is 1. The Kier molecular flexibility index (Phi) is 3.36. The van der Waals surface area contributed by atoms with Gasteiger partial charge >= 0.3 is 0 Å². The van der Waals surface area contributed by atoms with Gasteiger partial charge in [-0.3, -0.25) is 0 Å². The van der Waals surface area contributed by atoms with E-state index in [9.17, 15) is 5.11 Å². The van der Waals surface area contributed by atoms with Gasteiger partial charge in [-0.2, -0.15) is 0 Å². The van der Waals surface area contributed by atoms with Crippen molar-refractivity contribution >= 4 is 5.69 Å². The summed E-state index contributed by atoms with van der Waals surface area (Å²) in [6, 6.07) is 12.5. The fourth-order valence-electron chi connectivity index (χ4n) is 2.67. The van der Waals surface area contributed by atoms with Crippen molar-refractivity contribution in [1.29, 1.82) is 0 Å². The summed E-state index contributed by atoms with van der Waals surface area (Å²) in [6.07, 6.45) is 0. The van der Waals surface area contributed by atoms with E-state index in [0.717, 1.165) is 23.4 Å². The molecule has 0 saturated heterocycles. The molecule has 2 aromatic rings. The minimum absolute atomic E-state index is 0.0596. The van der Waals surface area contributed by atoms with Gasteiger partial charge in [0.15, 0.2) is 6.73 Å². The maximum atomic E-state index is 9.31. The van der Waals surface area contributed by atoms with Gasteiger partial charge in [0.25, 0.3) is 0 Å². The highest BCUT2D eigenvalue weighted by atomic mass is 16.5. The Morgan fingerprint density at radius 3 is 2.80 bits per heavy atom. The predicted molar refractivity (Wildman–Crippen MR) is 80.0 cm³/mol. The number of aliphatic hydroxyl groups excluding tert-OH is 1. The maximum absolute atomic E-state index is 9.31. The molecule has 104 valence electrons. The fourth-order valence-corrected chi connectivity index (χ4v) is 2.67. The highest BCUT2D eigenvalue weighted by Crippen LogP contribution is 2.33. The van der Waals surface area contributed by atoms with E-state index in [2.05, 4.69) is 42.2 Å². The van der Waals surface area contributed by atoms with E-state index in [1.165, 1.54) is 16.8 Å². The van der Waals surface area contributed by atoms with Crippen molar-refractivity contribution in [2.45, 2.75) is 27.0 Å². The van der Waals surface area contributed by atoms with Gasteiger partial charge in [0.1, 0.15) is 5.75 Å². The molecule has 0 unspecified atom stereocenters. The normalized spacial score (nSPS) is 13.8. The molecule has 1 aliphatic rings. The second-order valence-electron chi connectivity index (χ2n) is 5.31. The molecule has 2 aromatic carbocycles. The molecule has 0 aromatic heterocycles. The summed E-state index contributed by atoms with van der Waals surface area (Å²) < 4.78 is 5.92. The summed E-state index contributed by atoms with van der Waals surface area (Å²) in [5.74, 6) is 0.931. The summed E-state index contributed by atoms with van der Waals surface area (Å²) in [5.41, 5.74) is 5.59. The second-order valence-corrected chi connectivity index (χ2v) is 5.31. The number of ether oxygens (including phenoxy) is 1. The molecule has 0 fully saturated rings. The van der Waals surface area contributed by atoms with Gasteiger partial charge in [0.2, 0.25) is 0 Å². The third-order valence-corrected chi connectivity index (χ3v) is 3.86. The molecule has 3 rings (SSSR count). The zero-order valence-electron chi connectivity index (χ0n) is 11.9. The van der Waals surface area contributed by atoms with Crippen LogP contribution < -0.4 is 9.64 Å². The van der Waals surface area contributed by atoms with Gasteiger partial charge in [0, 0.05) is 17.8 Å². The highest BCUT2D eigenvalue weighted by molar-refractivity contribution is 5.54. The largest absolute Gasteiger partial charge is 0.472 e. The fraction of sp³-hybridized carbons (Fsp3) is 0.294. The van der Waals surface area contributed by atoms with Crippen LogP contribution in [0.25, 0.3) is 0 Å². The summed E-state index contributed by atoms with van der Waals surface area (Å²) in [7, 11) is 0. The number of anilines is 1. The van der Waals surface area contributed by atoms with Gasteiger partial charge in [-0.1, -0.05) is 24.3 Å². The van der Waals surface area contributed by atoms with E-state index in [1.807, 2.05) is 13.0 Å². The third-order valence-electron chi connectivity index (χ3n) is 3.86. The molecule has 0 aliphatic carbocycles. The van der Waals surface area contributed by atoms with Crippen LogP contribution in [0.4, 0.5) is 5.69 Å². The molecule has 0 bridgehead atoms. The first kappa shape index (κ1) is 13.0. The molecule has 20 heavy (non-hydrogen) atoms. The molecule has 0 amide bonds. The zero-order chi connectivity index (χ0) is 14.1. The van der Waals surface area contributed by atoms with Crippen LogP contribution in [-0.2, 0) is 13.2 Å². The molecule has 1 aliphatic heterocycles. The van der Waals surface area contributed by atoms with Crippen molar-refractivity contribution in [2.75, 3.05) is 11.6 Å². The third kappa shape index (κ3) is 2.25. The minimum atomic E-state index is 0.0596. The Morgan fingerprint density at radius 1 is 1.20 bits per heavy atom. The van der Waals surface area contributed by atoms with Crippen LogP contribution in [0.2, 0.25) is 0 Å². The molecule has 3 nitrogen and oxygen atoms in total. The lowest BCUT2D eigenvalue weighted by molar-refractivity contribution is 0.271. The summed E-state index contributed by atoms with van der Waals surface area (Å²) in [4.78, 5) is 2.22. The molecule has 3 heteroatoms. The standard InChI is InChI=1S/C17H19NO2/c1-12-4-3-5-16(8-12)18-9-14-6-7-15(10-19)13(2)17(14)20-11-18/h3-8,19H,9-11H2,1-2H3. The van der Waals surface area contributed by atoms with Gasteiger partial charge < -0.3 is 14.7 Å². The van der Waals surface area contributed by atoms with Crippen LogP contribution in [0.5, 0.6) is 5.75 Å². The Labute approximate surface area is 119 Å². The number of benzene rings is 2. The van der Waals surface area contributed by atoms with Crippen LogP contribution in [0.15, 0.2) is 36.4 Å². The van der Waals surface area contributed by atoms with E-state index >= 15 is 0 Å². The molecule has 0 spiro atoms. The van der Waals surface area contributed by atoms with E-state index in [0.29, 0.717) is 6.73 Å². The van der Waals surface area contributed by atoms with Crippen molar-refractivity contribution in [1.82, 2.24) is 0 Å². The molecule has 0 atom stereocenters. The van der Waals surface area contributed by atoms with Crippen molar-refractivity contribution in [3.63, 3.8) is 0 Å². The summed E-state index contributed by atoms with van der Waals surface area (Å²) in [6.45, 7) is 5.55. The Hall–Kier alpha value is -2.00. The molecule has 0 saturated carbocycles. The van der Waals surface area contributed by atoms with Crippen LogP contribution in [-0.4, -0.2) is 11.8 Å². The monoisotopic (exact) mass is 269 g/mol. The van der Waals surface area contributed by atoms with Crippen molar-refractivity contribution < 1.29 is 9.84 Å². The molecule has 1 heterocycles. The van der Waals surface area contributed by atoms with E-state index in [1.54, 1.807) is 0 Å². The average molecular weight is 269 g/mol. The molecule has 1 N–H and O–H groups in total. The lowest BCUT2D eigenvalue weighted by Crippen LogP contribution is -2.32. The smallest absolute Gasteiger partial charge is 0.161 e. The van der Waals surface area contributed by atoms with Crippen molar-refractivity contribution in [2.24, 2.45) is 0 Å². The van der Waals surface area contributed by atoms with Crippen molar-refractivity contribution in [3.8, 4) is 5.75 Å². The number of hydrogen-bond acceptors (Lipinski definition) is 3. The molecule has 0 radical (unpaired) electrons. The first-order valence-electron chi connectivity index (χ1n) is 6.85. The van der Waals surface area contributed by atoms with Gasteiger partial charge in [-0.05, 0) is 42.7 Å².